The summed E-state index contributed by atoms with van der Waals surface area (Å²) in [6.07, 6.45) is 8.00. The second-order valence-corrected chi connectivity index (χ2v) is 4.11. The summed E-state index contributed by atoms with van der Waals surface area (Å²) in [4.78, 5) is 0. The molecule has 0 saturated heterocycles. The van der Waals surface area contributed by atoms with E-state index in [9.17, 15) is 0 Å². The number of nitrogens with two attached hydrogens (primary N) is 1. The fraction of sp³-hybridized carbons (Fsp3) is 1.00. The minimum atomic E-state index is 0.423. The molecule has 1 heteroatoms. The lowest BCUT2D eigenvalue weighted by molar-refractivity contribution is 0.440. The molecule has 0 radical (unpaired) electrons. The molecule has 0 fully saturated rings. The summed E-state index contributed by atoms with van der Waals surface area (Å²) in [6.45, 7) is 6.66. The lowest BCUT2D eigenvalue weighted by atomic mass is 9.98. The fourth-order valence-corrected chi connectivity index (χ4v) is 1.32. The molecule has 0 aromatic rings. The summed E-state index contributed by atoms with van der Waals surface area (Å²) >= 11 is 0. The highest BCUT2D eigenvalue weighted by Gasteiger charge is 2.05. The number of hydrogen-bond donors (Lipinski definition) is 1. The summed E-state index contributed by atoms with van der Waals surface area (Å²) in [5.41, 5.74) is 5.93. The molecule has 0 aromatic heterocycles. The SMILES string of the molecule is CCCCCCCC(N)C(C)C. The molecule has 0 aliphatic carbocycles. The van der Waals surface area contributed by atoms with Gasteiger partial charge in [0, 0.05) is 6.04 Å². The first-order valence-corrected chi connectivity index (χ1v) is 5.44. The molecule has 0 rings (SSSR count). The Morgan fingerprint density at radius 1 is 1.00 bits per heavy atom. The van der Waals surface area contributed by atoms with Gasteiger partial charge in [-0.1, -0.05) is 52.9 Å². The Labute approximate surface area is 77.7 Å². The van der Waals surface area contributed by atoms with E-state index in [1.165, 1.54) is 38.5 Å². The third-order valence-electron chi connectivity index (χ3n) is 2.50. The van der Waals surface area contributed by atoms with E-state index in [1.807, 2.05) is 0 Å². The van der Waals surface area contributed by atoms with Crippen molar-refractivity contribution in [3.05, 3.63) is 0 Å². The van der Waals surface area contributed by atoms with Crippen LogP contribution in [0.3, 0.4) is 0 Å². The zero-order chi connectivity index (χ0) is 9.40. The zero-order valence-corrected chi connectivity index (χ0v) is 8.97. The van der Waals surface area contributed by atoms with E-state index in [0.29, 0.717) is 12.0 Å². The largest absolute Gasteiger partial charge is 0.327 e. The molecule has 0 aromatic carbocycles. The van der Waals surface area contributed by atoms with Gasteiger partial charge in [-0.15, -0.1) is 0 Å². The molecule has 1 nitrogen and oxygen atoms in total. The molecule has 0 bridgehead atoms. The average molecular weight is 171 g/mol. The van der Waals surface area contributed by atoms with Gasteiger partial charge in [-0.2, -0.15) is 0 Å². The van der Waals surface area contributed by atoms with Gasteiger partial charge in [-0.05, 0) is 12.3 Å². The van der Waals surface area contributed by atoms with Crippen molar-refractivity contribution in [2.45, 2.75) is 65.3 Å². The first-order chi connectivity index (χ1) is 5.68. The van der Waals surface area contributed by atoms with Crippen molar-refractivity contribution in [1.29, 1.82) is 0 Å². The third kappa shape index (κ3) is 6.66. The minimum absolute atomic E-state index is 0.423. The van der Waals surface area contributed by atoms with Crippen molar-refractivity contribution in [3.63, 3.8) is 0 Å². The molecule has 12 heavy (non-hydrogen) atoms. The predicted molar refractivity (Wildman–Crippen MR) is 56.2 cm³/mol. The van der Waals surface area contributed by atoms with Crippen LogP contribution in [0.4, 0.5) is 0 Å². The van der Waals surface area contributed by atoms with Crippen LogP contribution in [0, 0.1) is 5.92 Å². The molecule has 0 aliphatic heterocycles. The van der Waals surface area contributed by atoms with Crippen LogP contribution in [-0.2, 0) is 0 Å². The van der Waals surface area contributed by atoms with Gasteiger partial charge in [0.05, 0.1) is 0 Å². The van der Waals surface area contributed by atoms with Gasteiger partial charge in [-0.25, -0.2) is 0 Å². The standard InChI is InChI=1S/C11H25N/c1-4-5-6-7-8-9-11(12)10(2)3/h10-11H,4-9,12H2,1-3H3. The molecule has 0 amide bonds. The van der Waals surface area contributed by atoms with Crippen LogP contribution in [0.25, 0.3) is 0 Å². The molecule has 0 heterocycles. The number of hydrogen-bond acceptors (Lipinski definition) is 1. The number of rotatable bonds is 7. The van der Waals surface area contributed by atoms with Crippen molar-refractivity contribution in [2.24, 2.45) is 11.7 Å². The molecule has 74 valence electrons. The third-order valence-corrected chi connectivity index (χ3v) is 2.50. The Hall–Kier alpha value is -0.0400. The van der Waals surface area contributed by atoms with Crippen LogP contribution >= 0.6 is 0 Å². The van der Waals surface area contributed by atoms with Crippen molar-refractivity contribution >= 4 is 0 Å². The van der Waals surface area contributed by atoms with Gasteiger partial charge in [0.15, 0.2) is 0 Å². The van der Waals surface area contributed by atoms with Gasteiger partial charge < -0.3 is 5.73 Å². The molecule has 0 spiro atoms. The van der Waals surface area contributed by atoms with Gasteiger partial charge in [0.1, 0.15) is 0 Å². The van der Waals surface area contributed by atoms with E-state index in [4.69, 9.17) is 5.73 Å². The van der Waals surface area contributed by atoms with E-state index in [0.717, 1.165) is 0 Å². The summed E-state index contributed by atoms with van der Waals surface area (Å²) in [5, 5.41) is 0. The quantitative estimate of drug-likeness (QED) is 0.584. The molecular weight excluding hydrogens is 146 g/mol. The summed E-state index contributed by atoms with van der Waals surface area (Å²) in [7, 11) is 0. The van der Waals surface area contributed by atoms with Crippen LogP contribution < -0.4 is 5.73 Å². The van der Waals surface area contributed by atoms with Gasteiger partial charge in [0.2, 0.25) is 0 Å². The topological polar surface area (TPSA) is 26.0 Å². The summed E-state index contributed by atoms with van der Waals surface area (Å²) in [5.74, 6) is 0.649. The highest BCUT2D eigenvalue weighted by Crippen LogP contribution is 2.10. The fourth-order valence-electron chi connectivity index (χ4n) is 1.32. The van der Waals surface area contributed by atoms with Crippen LogP contribution in [-0.4, -0.2) is 6.04 Å². The van der Waals surface area contributed by atoms with Crippen molar-refractivity contribution in [1.82, 2.24) is 0 Å². The molecule has 0 saturated carbocycles. The van der Waals surface area contributed by atoms with E-state index in [1.54, 1.807) is 0 Å². The molecular formula is C11H25N. The minimum Gasteiger partial charge on any atom is -0.327 e. The highest BCUT2D eigenvalue weighted by atomic mass is 14.6. The first kappa shape index (κ1) is 12.0. The average Bonchev–Trinajstić information content (AvgIpc) is 2.03. The van der Waals surface area contributed by atoms with Crippen molar-refractivity contribution in [3.8, 4) is 0 Å². The second-order valence-electron chi connectivity index (χ2n) is 4.11. The van der Waals surface area contributed by atoms with Crippen LogP contribution in [0.5, 0.6) is 0 Å². The van der Waals surface area contributed by atoms with Gasteiger partial charge in [0.25, 0.3) is 0 Å². The summed E-state index contributed by atoms with van der Waals surface area (Å²) < 4.78 is 0. The Morgan fingerprint density at radius 3 is 2.08 bits per heavy atom. The smallest absolute Gasteiger partial charge is 0.00618 e. The molecule has 2 N–H and O–H groups in total. The maximum absolute atomic E-state index is 5.93. The molecule has 1 atom stereocenters. The Morgan fingerprint density at radius 2 is 1.58 bits per heavy atom. The van der Waals surface area contributed by atoms with Crippen LogP contribution in [0.1, 0.15) is 59.3 Å². The normalized spacial score (nSPS) is 13.8. The van der Waals surface area contributed by atoms with Gasteiger partial charge in [-0.3, -0.25) is 0 Å². The van der Waals surface area contributed by atoms with E-state index < -0.39 is 0 Å². The Kier molecular flexibility index (Phi) is 7.58. The van der Waals surface area contributed by atoms with Crippen molar-refractivity contribution < 1.29 is 0 Å². The van der Waals surface area contributed by atoms with Crippen molar-refractivity contribution in [2.75, 3.05) is 0 Å². The van der Waals surface area contributed by atoms with Gasteiger partial charge >= 0.3 is 0 Å². The summed E-state index contributed by atoms with van der Waals surface area (Å²) in [6, 6.07) is 0.423. The Bertz CT molecular complexity index is 89.0. The van der Waals surface area contributed by atoms with E-state index in [2.05, 4.69) is 20.8 Å². The lowest BCUT2D eigenvalue weighted by Gasteiger charge is -2.14. The highest BCUT2D eigenvalue weighted by molar-refractivity contribution is 4.64. The predicted octanol–water partition coefficient (Wildman–Crippen LogP) is 3.33. The van der Waals surface area contributed by atoms with E-state index >= 15 is 0 Å². The van der Waals surface area contributed by atoms with Crippen LogP contribution in [0.15, 0.2) is 0 Å². The van der Waals surface area contributed by atoms with Crippen LogP contribution in [0.2, 0.25) is 0 Å². The first-order valence-electron chi connectivity index (χ1n) is 5.44. The number of unbranched alkanes of at least 4 members (excludes halogenated alkanes) is 4. The zero-order valence-electron chi connectivity index (χ0n) is 8.97. The Balaban J connectivity index is 3.08. The monoisotopic (exact) mass is 171 g/mol. The van der Waals surface area contributed by atoms with E-state index in [-0.39, 0.29) is 0 Å². The maximum atomic E-state index is 5.93. The maximum Gasteiger partial charge on any atom is 0.00618 e. The molecule has 0 aliphatic rings. The lowest BCUT2D eigenvalue weighted by Crippen LogP contribution is -2.25. The second kappa shape index (κ2) is 7.60. The molecule has 1 unspecified atom stereocenters.